The Morgan fingerprint density at radius 3 is 2.41 bits per heavy atom. The van der Waals surface area contributed by atoms with Crippen LogP contribution in [0.25, 0.3) is 0 Å². The van der Waals surface area contributed by atoms with E-state index in [9.17, 15) is 0 Å². The molecule has 4 aliphatic rings. The Kier molecular flexibility index (Phi) is 3.58. The fourth-order valence-corrected chi connectivity index (χ4v) is 6.34. The van der Waals surface area contributed by atoms with E-state index in [2.05, 4.69) is 36.5 Å². The smallest absolute Gasteiger partial charge is 0.0555 e. The Balaban J connectivity index is 1.62. The van der Waals surface area contributed by atoms with Crippen molar-refractivity contribution < 1.29 is 5.11 Å². The highest BCUT2D eigenvalue weighted by Crippen LogP contribution is 2.65. The molecule has 0 spiro atoms. The maximum atomic E-state index is 9.07. The lowest BCUT2D eigenvalue weighted by atomic mass is 9.43. The van der Waals surface area contributed by atoms with Crippen LogP contribution in [0, 0.1) is 24.2 Å². The molecule has 4 bridgehead atoms. The molecule has 22 heavy (non-hydrogen) atoms. The highest BCUT2D eigenvalue weighted by Gasteiger charge is 2.57. The fourth-order valence-electron chi connectivity index (χ4n) is 6.34. The summed E-state index contributed by atoms with van der Waals surface area (Å²) in [7, 11) is 0. The van der Waals surface area contributed by atoms with Gasteiger partial charge >= 0.3 is 0 Å². The van der Waals surface area contributed by atoms with Crippen LogP contribution in [0.3, 0.4) is 0 Å². The average molecular weight is 299 g/mol. The highest BCUT2D eigenvalue weighted by atomic mass is 16.3. The normalized spacial score (nSPS) is 39.4. The number of hydrogen-bond acceptors (Lipinski definition) is 2. The van der Waals surface area contributed by atoms with E-state index < -0.39 is 0 Å². The van der Waals surface area contributed by atoms with Crippen LogP contribution in [-0.4, -0.2) is 24.8 Å². The quantitative estimate of drug-likeness (QED) is 0.817. The molecule has 1 aromatic rings. The van der Waals surface area contributed by atoms with E-state index >= 15 is 0 Å². The van der Waals surface area contributed by atoms with E-state index in [4.69, 9.17) is 5.11 Å². The predicted molar refractivity (Wildman–Crippen MR) is 89.9 cm³/mol. The van der Waals surface area contributed by atoms with Crippen molar-refractivity contribution in [2.24, 2.45) is 17.3 Å². The van der Waals surface area contributed by atoms with Crippen molar-refractivity contribution in [3.05, 3.63) is 35.4 Å². The van der Waals surface area contributed by atoms with E-state index in [1.165, 1.54) is 44.1 Å². The Hall–Kier alpha value is -0.860. The zero-order chi connectivity index (χ0) is 15.2. The predicted octanol–water partition coefficient (Wildman–Crippen LogP) is 3.41. The first-order valence-electron chi connectivity index (χ1n) is 9.02. The molecule has 2 unspecified atom stereocenters. The van der Waals surface area contributed by atoms with Crippen molar-refractivity contribution in [1.82, 2.24) is 5.32 Å². The third-order valence-electron chi connectivity index (χ3n) is 6.63. The molecule has 0 aromatic heterocycles. The number of aliphatic hydroxyl groups is 1. The molecule has 2 nitrogen and oxygen atoms in total. The molecule has 4 fully saturated rings. The number of aryl methyl sites for hydroxylation is 1. The molecule has 2 heteroatoms. The Morgan fingerprint density at radius 2 is 1.77 bits per heavy atom. The van der Waals surface area contributed by atoms with Gasteiger partial charge in [-0.1, -0.05) is 29.8 Å². The van der Waals surface area contributed by atoms with Gasteiger partial charge in [0.2, 0.25) is 0 Å². The van der Waals surface area contributed by atoms with Crippen molar-refractivity contribution in [3.63, 3.8) is 0 Å². The average Bonchev–Trinajstić information content (AvgIpc) is 2.46. The maximum Gasteiger partial charge on any atom is 0.0555 e. The number of aliphatic hydroxyl groups excluding tert-OH is 1. The minimum Gasteiger partial charge on any atom is -0.395 e. The first-order valence-corrected chi connectivity index (χ1v) is 9.02. The lowest BCUT2D eigenvalue weighted by molar-refractivity contribution is -0.0708. The zero-order valence-corrected chi connectivity index (χ0v) is 13.8. The summed E-state index contributed by atoms with van der Waals surface area (Å²) in [6.45, 7) is 4.29. The monoisotopic (exact) mass is 299 g/mol. The molecule has 0 saturated heterocycles. The lowest BCUT2D eigenvalue weighted by Crippen LogP contribution is -2.57. The number of rotatable bonds is 5. The van der Waals surface area contributed by atoms with Crippen molar-refractivity contribution in [2.75, 3.05) is 19.7 Å². The van der Waals surface area contributed by atoms with Gasteiger partial charge < -0.3 is 10.4 Å². The Bertz CT molecular complexity index is 521. The summed E-state index contributed by atoms with van der Waals surface area (Å²) in [5.74, 6) is 1.86. The van der Waals surface area contributed by atoms with Gasteiger partial charge in [-0.2, -0.15) is 0 Å². The molecule has 2 N–H and O–H groups in total. The van der Waals surface area contributed by atoms with Gasteiger partial charge in [0, 0.05) is 13.1 Å². The van der Waals surface area contributed by atoms with Crippen LogP contribution in [0.5, 0.6) is 0 Å². The van der Waals surface area contributed by atoms with Gasteiger partial charge in [-0.3, -0.25) is 0 Å². The van der Waals surface area contributed by atoms with Crippen LogP contribution >= 0.6 is 0 Å². The second kappa shape index (κ2) is 5.35. The molecule has 1 aromatic carbocycles. The van der Waals surface area contributed by atoms with Gasteiger partial charge in [-0.15, -0.1) is 0 Å². The molecule has 4 aliphatic carbocycles. The van der Waals surface area contributed by atoms with Gasteiger partial charge in [0.25, 0.3) is 0 Å². The largest absolute Gasteiger partial charge is 0.395 e. The molecule has 4 atom stereocenters. The molecular formula is C20H29NO. The van der Waals surface area contributed by atoms with Gasteiger partial charge in [0.05, 0.1) is 6.61 Å². The fraction of sp³-hybridized carbons (Fsp3) is 0.700. The molecule has 0 aliphatic heterocycles. The first-order chi connectivity index (χ1) is 10.6. The van der Waals surface area contributed by atoms with Gasteiger partial charge in [0.1, 0.15) is 0 Å². The number of hydrogen-bond donors (Lipinski definition) is 2. The van der Waals surface area contributed by atoms with Gasteiger partial charge in [-0.25, -0.2) is 0 Å². The zero-order valence-electron chi connectivity index (χ0n) is 13.8. The molecule has 0 radical (unpaired) electrons. The highest BCUT2D eigenvalue weighted by molar-refractivity contribution is 5.32. The molecule has 120 valence electrons. The molecular weight excluding hydrogens is 270 g/mol. The van der Waals surface area contributed by atoms with Gasteiger partial charge in [0.15, 0.2) is 0 Å². The summed E-state index contributed by atoms with van der Waals surface area (Å²) in [6.07, 6.45) is 8.47. The van der Waals surface area contributed by atoms with Crippen LogP contribution in [0.2, 0.25) is 0 Å². The second-order valence-electron chi connectivity index (χ2n) is 8.51. The van der Waals surface area contributed by atoms with Crippen LogP contribution in [0.4, 0.5) is 0 Å². The van der Waals surface area contributed by atoms with Crippen LogP contribution in [0.1, 0.15) is 49.7 Å². The Labute approximate surface area is 134 Å². The summed E-state index contributed by atoms with van der Waals surface area (Å²) in [6, 6.07) is 9.39. The van der Waals surface area contributed by atoms with Crippen molar-refractivity contribution in [2.45, 2.75) is 50.9 Å². The summed E-state index contributed by atoms with van der Waals surface area (Å²) in [5.41, 5.74) is 3.90. The maximum absolute atomic E-state index is 9.07. The first kappa shape index (κ1) is 14.7. The lowest BCUT2D eigenvalue weighted by Gasteiger charge is -2.62. The minimum absolute atomic E-state index is 0.256. The van der Waals surface area contributed by atoms with E-state index in [0.29, 0.717) is 10.8 Å². The minimum atomic E-state index is 0.256. The van der Waals surface area contributed by atoms with E-state index in [1.807, 2.05) is 0 Å². The van der Waals surface area contributed by atoms with E-state index in [-0.39, 0.29) is 6.61 Å². The second-order valence-corrected chi connectivity index (χ2v) is 8.51. The summed E-state index contributed by atoms with van der Waals surface area (Å²) in [5, 5.41) is 12.6. The third kappa shape index (κ3) is 2.41. The standard InChI is InChI=1S/C20H29NO/c1-15-2-4-18(5-3-15)20-11-16-8-17(12-20)10-19(9-16,13-20)14-21-6-7-22/h2-5,16-17,21-22H,6-14H2,1H3/t16-,17+,19?,20?. The van der Waals surface area contributed by atoms with Crippen molar-refractivity contribution in [1.29, 1.82) is 0 Å². The van der Waals surface area contributed by atoms with Crippen LogP contribution in [-0.2, 0) is 5.41 Å². The third-order valence-corrected chi connectivity index (χ3v) is 6.63. The van der Waals surface area contributed by atoms with Crippen molar-refractivity contribution in [3.8, 4) is 0 Å². The van der Waals surface area contributed by atoms with E-state index in [0.717, 1.165) is 24.9 Å². The number of benzene rings is 1. The molecule has 5 rings (SSSR count). The van der Waals surface area contributed by atoms with Crippen LogP contribution < -0.4 is 5.32 Å². The molecule has 0 heterocycles. The van der Waals surface area contributed by atoms with Crippen molar-refractivity contribution >= 4 is 0 Å². The van der Waals surface area contributed by atoms with E-state index in [1.54, 1.807) is 5.56 Å². The van der Waals surface area contributed by atoms with Gasteiger partial charge in [-0.05, 0) is 73.7 Å². The summed E-state index contributed by atoms with van der Waals surface area (Å²) < 4.78 is 0. The Morgan fingerprint density at radius 1 is 1.09 bits per heavy atom. The van der Waals surface area contributed by atoms with Crippen LogP contribution in [0.15, 0.2) is 24.3 Å². The molecule has 4 saturated carbocycles. The molecule has 0 amide bonds. The SMILES string of the molecule is Cc1ccc(C23C[C@@H]4C[C@@H](CC(CNCCO)(C4)C2)C3)cc1. The summed E-state index contributed by atoms with van der Waals surface area (Å²) >= 11 is 0. The topological polar surface area (TPSA) is 32.3 Å². The summed E-state index contributed by atoms with van der Waals surface area (Å²) in [4.78, 5) is 0. The number of nitrogens with one attached hydrogen (secondary N) is 1.